The molecule has 184 valence electrons. The van der Waals surface area contributed by atoms with E-state index < -0.39 is 0 Å². The monoisotopic (exact) mass is 514 g/mol. The number of aromatic nitrogens is 2. The van der Waals surface area contributed by atoms with Crippen molar-refractivity contribution in [2.24, 2.45) is 0 Å². The van der Waals surface area contributed by atoms with E-state index in [0.717, 1.165) is 61.0 Å². The summed E-state index contributed by atoms with van der Waals surface area (Å²) in [5, 5.41) is 7.76. The van der Waals surface area contributed by atoms with Gasteiger partial charge >= 0.3 is 0 Å². The van der Waals surface area contributed by atoms with E-state index in [9.17, 15) is 0 Å². The smallest absolute Gasteiger partial charge is 0.227 e. The second kappa shape index (κ2) is 10.1. The van der Waals surface area contributed by atoms with Crippen molar-refractivity contribution in [1.29, 1.82) is 0 Å². The molecule has 6 nitrogen and oxygen atoms in total. The Morgan fingerprint density at radius 3 is 2.56 bits per heavy atom. The van der Waals surface area contributed by atoms with Crippen molar-refractivity contribution >= 4 is 46.3 Å². The Balaban J connectivity index is 1.26. The zero-order valence-electron chi connectivity index (χ0n) is 20.6. The first-order valence-electron chi connectivity index (χ1n) is 12.5. The van der Waals surface area contributed by atoms with E-state index in [4.69, 9.17) is 4.98 Å². The molecule has 6 rings (SSSR count). The fourth-order valence-electron chi connectivity index (χ4n) is 4.72. The van der Waals surface area contributed by atoms with E-state index in [-0.39, 0.29) is 0 Å². The molecule has 2 aliphatic rings. The van der Waals surface area contributed by atoms with Gasteiger partial charge in [0.2, 0.25) is 5.95 Å². The molecule has 1 N–H and O–H groups in total. The van der Waals surface area contributed by atoms with Crippen LogP contribution < -0.4 is 14.5 Å². The van der Waals surface area contributed by atoms with E-state index in [0.29, 0.717) is 5.95 Å². The first-order valence-corrected chi connectivity index (χ1v) is 14.2. The molecule has 0 aliphatic carbocycles. The summed E-state index contributed by atoms with van der Waals surface area (Å²) in [6, 6.07) is 17.5. The van der Waals surface area contributed by atoms with Gasteiger partial charge in [-0.3, -0.25) is 0 Å². The van der Waals surface area contributed by atoms with Crippen LogP contribution in [-0.4, -0.2) is 54.6 Å². The fourth-order valence-corrected chi connectivity index (χ4v) is 6.49. The average molecular weight is 515 g/mol. The molecule has 2 aliphatic heterocycles. The summed E-state index contributed by atoms with van der Waals surface area (Å²) in [5.41, 5.74) is 8.14. The first kappa shape index (κ1) is 23.3. The number of thiophene rings is 1. The highest BCUT2D eigenvalue weighted by molar-refractivity contribution is 8.00. The lowest BCUT2D eigenvalue weighted by molar-refractivity contribution is 0.313. The molecule has 2 aromatic heterocycles. The lowest BCUT2D eigenvalue weighted by atomic mass is 10.0. The lowest BCUT2D eigenvalue weighted by Crippen LogP contribution is -2.44. The van der Waals surface area contributed by atoms with E-state index in [1.54, 1.807) is 23.3 Å². The highest BCUT2D eigenvalue weighted by Crippen LogP contribution is 2.47. The summed E-state index contributed by atoms with van der Waals surface area (Å²) in [5.74, 6) is 0.624. The Hall–Kier alpha value is -3.07. The summed E-state index contributed by atoms with van der Waals surface area (Å²) in [6.45, 7) is 7.54. The highest BCUT2D eigenvalue weighted by atomic mass is 32.2. The minimum atomic E-state index is 0.624. The van der Waals surface area contributed by atoms with Crippen molar-refractivity contribution in [2.75, 3.05) is 54.3 Å². The molecule has 0 radical (unpaired) electrons. The third kappa shape index (κ3) is 4.68. The molecule has 2 aromatic carbocycles. The number of rotatable bonds is 6. The normalized spacial score (nSPS) is 15.5. The van der Waals surface area contributed by atoms with Crippen LogP contribution in [0.1, 0.15) is 13.3 Å². The van der Waals surface area contributed by atoms with Crippen molar-refractivity contribution in [3.63, 3.8) is 0 Å². The van der Waals surface area contributed by atoms with Gasteiger partial charge in [-0.15, -0.1) is 0 Å². The highest BCUT2D eigenvalue weighted by Gasteiger charge is 2.25. The Kier molecular flexibility index (Phi) is 6.56. The largest absolute Gasteiger partial charge is 0.369 e. The molecular weight excluding hydrogens is 484 g/mol. The summed E-state index contributed by atoms with van der Waals surface area (Å²) < 4.78 is 2.38. The van der Waals surface area contributed by atoms with Gasteiger partial charge in [-0.2, -0.15) is 11.3 Å². The average Bonchev–Trinajstić information content (AvgIpc) is 3.45. The number of hydrogen-bond donors (Lipinski definition) is 1. The molecular formula is C28H30N6S2. The van der Waals surface area contributed by atoms with Gasteiger partial charge in [0.05, 0.1) is 16.3 Å². The van der Waals surface area contributed by atoms with Crippen LogP contribution in [0.15, 0.2) is 70.4 Å². The van der Waals surface area contributed by atoms with Gasteiger partial charge in [-0.1, -0.05) is 19.1 Å². The SMILES string of the molecule is CCCN1Sc2cnc(Nc3ccc(N4CCN(C)CC4)cc3)nc2-c2ccc(-c3ccsc3)cc21. The number of nitrogens with one attached hydrogen (secondary N) is 1. The number of anilines is 4. The minimum absolute atomic E-state index is 0.624. The van der Waals surface area contributed by atoms with Gasteiger partial charge in [0, 0.05) is 55.9 Å². The summed E-state index contributed by atoms with van der Waals surface area (Å²) >= 11 is 3.47. The molecule has 0 spiro atoms. The summed E-state index contributed by atoms with van der Waals surface area (Å²) in [6.07, 6.45) is 3.03. The van der Waals surface area contributed by atoms with E-state index in [2.05, 4.69) is 97.7 Å². The third-order valence-electron chi connectivity index (χ3n) is 6.76. The van der Waals surface area contributed by atoms with Crippen molar-refractivity contribution in [2.45, 2.75) is 18.2 Å². The van der Waals surface area contributed by atoms with Gasteiger partial charge in [-0.25, -0.2) is 9.97 Å². The zero-order chi connectivity index (χ0) is 24.5. The van der Waals surface area contributed by atoms with Crippen LogP contribution in [0.4, 0.5) is 23.0 Å². The molecule has 1 saturated heterocycles. The second-order valence-corrected chi connectivity index (χ2v) is 11.1. The Morgan fingerprint density at radius 2 is 1.81 bits per heavy atom. The molecule has 4 aromatic rings. The van der Waals surface area contributed by atoms with Crippen LogP contribution in [0.3, 0.4) is 0 Å². The van der Waals surface area contributed by atoms with Crippen molar-refractivity contribution < 1.29 is 0 Å². The maximum absolute atomic E-state index is 4.97. The zero-order valence-corrected chi connectivity index (χ0v) is 22.3. The van der Waals surface area contributed by atoms with Gasteiger partial charge in [0.15, 0.2) is 0 Å². The lowest BCUT2D eigenvalue weighted by Gasteiger charge is -2.34. The van der Waals surface area contributed by atoms with Crippen molar-refractivity contribution in [3.8, 4) is 22.4 Å². The van der Waals surface area contributed by atoms with Crippen LogP contribution >= 0.6 is 23.3 Å². The first-order chi connectivity index (χ1) is 17.7. The Bertz CT molecular complexity index is 1330. The number of nitrogens with zero attached hydrogens (tertiary/aromatic N) is 5. The molecule has 0 bridgehead atoms. The van der Waals surface area contributed by atoms with E-state index >= 15 is 0 Å². The number of fused-ring (bicyclic) bond motifs is 3. The number of benzene rings is 2. The minimum Gasteiger partial charge on any atom is -0.369 e. The molecule has 0 amide bonds. The summed E-state index contributed by atoms with van der Waals surface area (Å²) in [7, 11) is 2.18. The summed E-state index contributed by atoms with van der Waals surface area (Å²) in [4.78, 5) is 15.5. The van der Waals surface area contributed by atoms with Crippen LogP contribution in [0, 0.1) is 0 Å². The van der Waals surface area contributed by atoms with E-state index in [1.165, 1.54) is 22.5 Å². The quantitative estimate of drug-likeness (QED) is 0.291. The predicted octanol–water partition coefficient (Wildman–Crippen LogP) is 6.60. The molecule has 0 atom stereocenters. The second-order valence-electron chi connectivity index (χ2n) is 9.31. The molecule has 4 heterocycles. The van der Waals surface area contributed by atoms with Crippen molar-refractivity contribution in [1.82, 2.24) is 14.9 Å². The number of likely N-dealkylation sites (N-methyl/N-ethyl adjacent to an activating group) is 1. The molecule has 36 heavy (non-hydrogen) atoms. The topological polar surface area (TPSA) is 47.5 Å². The molecule has 0 unspecified atom stereocenters. The third-order valence-corrected chi connectivity index (χ3v) is 8.54. The van der Waals surface area contributed by atoms with Crippen LogP contribution in [0.5, 0.6) is 0 Å². The van der Waals surface area contributed by atoms with E-state index in [1.807, 2.05) is 6.20 Å². The van der Waals surface area contributed by atoms with Crippen molar-refractivity contribution in [3.05, 3.63) is 65.5 Å². The molecule has 8 heteroatoms. The molecule has 1 fully saturated rings. The maximum Gasteiger partial charge on any atom is 0.227 e. The Morgan fingerprint density at radius 1 is 0.972 bits per heavy atom. The number of hydrogen-bond acceptors (Lipinski definition) is 8. The van der Waals surface area contributed by atoms with Gasteiger partial charge in [-0.05, 0) is 83.7 Å². The fraction of sp³-hybridized carbons (Fsp3) is 0.286. The standard InChI is InChI=1S/C28H30N6S2/c1-3-11-34-25-17-20(21-10-16-35-19-21)4-9-24(25)27-26(36-34)18-29-28(31-27)30-22-5-7-23(8-6-22)33-14-12-32(2)13-15-33/h4-10,16-19H,3,11-15H2,1-2H3,(H,29,30,31). The Labute approximate surface area is 221 Å². The van der Waals surface area contributed by atoms with Crippen LogP contribution in [-0.2, 0) is 0 Å². The van der Waals surface area contributed by atoms with Crippen LogP contribution in [0.25, 0.3) is 22.4 Å². The molecule has 0 saturated carbocycles. The van der Waals surface area contributed by atoms with Gasteiger partial charge in [0.1, 0.15) is 0 Å². The van der Waals surface area contributed by atoms with Gasteiger partial charge < -0.3 is 19.4 Å². The maximum atomic E-state index is 4.97. The van der Waals surface area contributed by atoms with Crippen LogP contribution in [0.2, 0.25) is 0 Å². The predicted molar refractivity (Wildman–Crippen MR) is 154 cm³/mol. The number of piperazine rings is 1. The van der Waals surface area contributed by atoms with Gasteiger partial charge in [0.25, 0.3) is 0 Å².